The molecule has 1 aliphatic rings. The van der Waals surface area contributed by atoms with E-state index in [0.717, 1.165) is 25.7 Å². The topological polar surface area (TPSA) is 78.8 Å². The van der Waals surface area contributed by atoms with Gasteiger partial charge in [0.1, 0.15) is 11.5 Å². The monoisotopic (exact) mass is 279 g/mol. The highest BCUT2D eigenvalue weighted by atomic mass is 16.5. The number of benzene rings is 1. The van der Waals surface area contributed by atoms with Crippen molar-refractivity contribution in [1.82, 2.24) is 5.32 Å². The predicted octanol–water partition coefficient (Wildman–Crippen LogP) is 1.68. The van der Waals surface area contributed by atoms with Gasteiger partial charge in [0.25, 0.3) is 5.91 Å². The summed E-state index contributed by atoms with van der Waals surface area (Å²) < 4.78 is 4.99. The molecule has 1 amide bonds. The van der Waals surface area contributed by atoms with Crippen molar-refractivity contribution in [2.24, 2.45) is 5.92 Å². The first kappa shape index (κ1) is 14.7. The summed E-state index contributed by atoms with van der Waals surface area (Å²) in [4.78, 5) is 12.2. The lowest BCUT2D eigenvalue weighted by Crippen LogP contribution is -2.43. The van der Waals surface area contributed by atoms with Crippen LogP contribution in [0.3, 0.4) is 0 Å². The Balaban J connectivity index is 2.07. The fourth-order valence-corrected chi connectivity index (χ4v) is 2.69. The van der Waals surface area contributed by atoms with Crippen LogP contribution >= 0.6 is 0 Å². The van der Waals surface area contributed by atoms with Crippen LogP contribution < -0.4 is 10.1 Å². The minimum Gasteiger partial charge on any atom is -0.507 e. The summed E-state index contributed by atoms with van der Waals surface area (Å²) in [6.45, 7) is 0.0829. The van der Waals surface area contributed by atoms with Gasteiger partial charge in [-0.05, 0) is 25.0 Å². The van der Waals surface area contributed by atoms with Crippen LogP contribution in [0, 0.1) is 5.92 Å². The van der Waals surface area contributed by atoms with Gasteiger partial charge in [0, 0.05) is 24.6 Å². The van der Waals surface area contributed by atoms with E-state index in [4.69, 9.17) is 4.74 Å². The summed E-state index contributed by atoms with van der Waals surface area (Å²) in [6.07, 6.45) is 3.94. The number of methoxy groups -OCH3 is 1. The molecule has 0 aromatic heterocycles. The van der Waals surface area contributed by atoms with Crippen LogP contribution in [-0.4, -0.2) is 35.9 Å². The summed E-state index contributed by atoms with van der Waals surface area (Å²) in [5, 5.41) is 22.1. The molecule has 2 unspecified atom stereocenters. The highest BCUT2D eigenvalue weighted by Gasteiger charge is 2.26. The van der Waals surface area contributed by atoms with Gasteiger partial charge in [-0.3, -0.25) is 4.79 Å². The highest BCUT2D eigenvalue weighted by molar-refractivity contribution is 5.97. The van der Waals surface area contributed by atoms with Gasteiger partial charge in [0.2, 0.25) is 0 Å². The van der Waals surface area contributed by atoms with Crippen LogP contribution in [0.25, 0.3) is 0 Å². The SMILES string of the molecule is COc1ccc(C(=O)NC2CCCCC2CO)c(O)c1. The number of rotatable bonds is 4. The quantitative estimate of drug-likeness (QED) is 0.783. The molecule has 5 heteroatoms. The molecule has 1 aliphatic carbocycles. The van der Waals surface area contributed by atoms with Crippen LogP contribution in [0.4, 0.5) is 0 Å². The van der Waals surface area contributed by atoms with Crippen LogP contribution in [-0.2, 0) is 0 Å². The second kappa shape index (κ2) is 6.61. The summed E-state index contributed by atoms with van der Waals surface area (Å²) in [5.41, 5.74) is 0.230. The summed E-state index contributed by atoms with van der Waals surface area (Å²) >= 11 is 0. The Bertz CT molecular complexity index is 475. The lowest BCUT2D eigenvalue weighted by Gasteiger charge is -2.30. The van der Waals surface area contributed by atoms with E-state index in [-0.39, 0.29) is 35.8 Å². The molecule has 2 rings (SSSR count). The number of hydrogen-bond acceptors (Lipinski definition) is 4. The maximum atomic E-state index is 12.2. The third kappa shape index (κ3) is 3.22. The van der Waals surface area contributed by atoms with Crippen molar-refractivity contribution in [2.45, 2.75) is 31.7 Å². The molecule has 0 saturated heterocycles. The van der Waals surface area contributed by atoms with Crippen molar-refractivity contribution in [1.29, 1.82) is 0 Å². The molecule has 1 aromatic carbocycles. The first-order valence-corrected chi connectivity index (χ1v) is 6.94. The first-order chi connectivity index (χ1) is 9.65. The second-order valence-corrected chi connectivity index (χ2v) is 5.19. The van der Waals surface area contributed by atoms with Gasteiger partial charge in [-0.25, -0.2) is 0 Å². The Morgan fingerprint density at radius 3 is 2.80 bits per heavy atom. The lowest BCUT2D eigenvalue weighted by atomic mass is 9.85. The smallest absolute Gasteiger partial charge is 0.255 e. The molecule has 0 radical (unpaired) electrons. The number of ether oxygens (including phenoxy) is 1. The van der Waals surface area contributed by atoms with E-state index < -0.39 is 0 Å². The van der Waals surface area contributed by atoms with Crippen molar-refractivity contribution < 1.29 is 19.7 Å². The Kier molecular flexibility index (Phi) is 4.84. The molecule has 0 aliphatic heterocycles. The third-order valence-corrected chi connectivity index (χ3v) is 3.91. The zero-order valence-electron chi connectivity index (χ0n) is 11.6. The molecule has 1 aromatic rings. The van der Waals surface area contributed by atoms with E-state index in [2.05, 4.69) is 5.32 Å². The zero-order chi connectivity index (χ0) is 14.5. The zero-order valence-corrected chi connectivity index (χ0v) is 11.6. The van der Waals surface area contributed by atoms with Gasteiger partial charge in [-0.2, -0.15) is 0 Å². The number of amides is 1. The molecule has 0 heterocycles. The molecular weight excluding hydrogens is 258 g/mol. The molecule has 0 bridgehead atoms. The van der Waals surface area contributed by atoms with Crippen molar-refractivity contribution >= 4 is 5.91 Å². The highest BCUT2D eigenvalue weighted by Crippen LogP contribution is 2.26. The number of phenolic OH excluding ortho intramolecular Hbond substituents is 1. The van der Waals surface area contributed by atoms with Crippen LogP contribution in [0.2, 0.25) is 0 Å². The number of aromatic hydroxyl groups is 1. The molecule has 1 saturated carbocycles. The second-order valence-electron chi connectivity index (χ2n) is 5.19. The fourth-order valence-electron chi connectivity index (χ4n) is 2.69. The van der Waals surface area contributed by atoms with E-state index >= 15 is 0 Å². The standard InChI is InChI=1S/C15H21NO4/c1-20-11-6-7-12(14(18)8-11)15(19)16-13-5-3-2-4-10(13)9-17/h6-8,10,13,17-18H,2-5,9H2,1H3,(H,16,19). The van der Waals surface area contributed by atoms with E-state index in [1.165, 1.54) is 13.2 Å². The average Bonchev–Trinajstić information content (AvgIpc) is 2.47. The van der Waals surface area contributed by atoms with Gasteiger partial charge < -0.3 is 20.3 Å². The Hall–Kier alpha value is -1.75. The molecule has 0 spiro atoms. The minimum atomic E-state index is -0.310. The number of carbonyl (C=O) groups excluding carboxylic acids is 1. The van der Waals surface area contributed by atoms with Crippen molar-refractivity contribution in [3.05, 3.63) is 23.8 Å². The third-order valence-electron chi connectivity index (χ3n) is 3.91. The first-order valence-electron chi connectivity index (χ1n) is 6.94. The number of hydrogen-bond donors (Lipinski definition) is 3. The lowest BCUT2D eigenvalue weighted by molar-refractivity contribution is 0.0870. The van der Waals surface area contributed by atoms with E-state index in [9.17, 15) is 15.0 Å². The Morgan fingerprint density at radius 2 is 2.15 bits per heavy atom. The van der Waals surface area contributed by atoms with Crippen molar-refractivity contribution in [2.75, 3.05) is 13.7 Å². The van der Waals surface area contributed by atoms with Gasteiger partial charge >= 0.3 is 0 Å². The maximum absolute atomic E-state index is 12.2. The molecule has 5 nitrogen and oxygen atoms in total. The molecule has 2 atom stereocenters. The molecular formula is C15H21NO4. The van der Waals surface area contributed by atoms with Gasteiger partial charge in [-0.1, -0.05) is 12.8 Å². The number of aliphatic hydroxyl groups excluding tert-OH is 1. The maximum Gasteiger partial charge on any atom is 0.255 e. The van der Waals surface area contributed by atoms with E-state index in [0.29, 0.717) is 5.75 Å². The summed E-state index contributed by atoms with van der Waals surface area (Å²) in [7, 11) is 1.50. The van der Waals surface area contributed by atoms with Gasteiger partial charge in [0.15, 0.2) is 0 Å². The van der Waals surface area contributed by atoms with Gasteiger partial charge in [0.05, 0.1) is 12.7 Å². The Labute approximate surface area is 118 Å². The van der Waals surface area contributed by atoms with Crippen LogP contribution in [0.15, 0.2) is 18.2 Å². The normalized spacial score (nSPS) is 22.3. The summed E-state index contributed by atoms with van der Waals surface area (Å²) in [6, 6.07) is 4.57. The molecule has 20 heavy (non-hydrogen) atoms. The van der Waals surface area contributed by atoms with Crippen molar-refractivity contribution in [3.63, 3.8) is 0 Å². The van der Waals surface area contributed by atoms with Crippen LogP contribution in [0.1, 0.15) is 36.0 Å². The number of nitrogens with one attached hydrogen (secondary N) is 1. The molecule has 110 valence electrons. The predicted molar refractivity (Wildman–Crippen MR) is 75.0 cm³/mol. The minimum absolute atomic E-state index is 0.0252. The average molecular weight is 279 g/mol. The van der Waals surface area contributed by atoms with E-state index in [1.807, 2.05) is 0 Å². The molecule has 1 fully saturated rings. The number of aliphatic hydroxyl groups is 1. The number of carbonyl (C=O) groups is 1. The van der Waals surface area contributed by atoms with E-state index in [1.54, 1.807) is 12.1 Å². The molecule has 3 N–H and O–H groups in total. The van der Waals surface area contributed by atoms with Crippen LogP contribution in [0.5, 0.6) is 11.5 Å². The van der Waals surface area contributed by atoms with Gasteiger partial charge in [-0.15, -0.1) is 0 Å². The summed E-state index contributed by atoms with van der Waals surface area (Å²) in [5.74, 6) is 0.201. The Morgan fingerprint density at radius 1 is 1.40 bits per heavy atom. The van der Waals surface area contributed by atoms with Crippen molar-refractivity contribution in [3.8, 4) is 11.5 Å². The number of phenols is 1. The fraction of sp³-hybridized carbons (Fsp3) is 0.533. The largest absolute Gasteiger partial charge is 0.507 e.